The van der Waals surface area contributed by atoms with Crippen molar-refractivity contribution in [3.8, 4) is 0 Å². The highest BCUT2D eigenvalue weighted by Gasteiger charge is 2.50. The zero-order chi connectivity index (χ0) is 13.5. The summed E-state index contributed by atoms with van der Waals surface area (Å²) in [4.78, 5) is 7.94. The number of nitrogens with two attached hydrogens (primary N) is 1. The van der Waals surface area contributed by atoms with Gasteiger partial charge in [-0.1, -0.05) is 6.92 Å². The van der Waals surface area contributed by atoms with Gasteiger partial charge in [0.1, 0.15) is 0 Å². The molecule has 2 atom stereocenters. The summed E-state index contributed by atoms with van der Waals surface area (Å²) in [6, 6.07) is 0.715. The van der Waals surface area contributed by atoms with E-state index >= 15 is 0 Å². The van der Waals surface area contributed by atoms with Crippen LogP contribution in [0.1, 0.15) is 26.2 Å². The van der Waals surface area contributed by atoms with E-state index in [4.69, 9.17) is 5.73 Å². The highest BCUT2D eigenvalue weighted by molar-refractivity contribution is 5.07. The molecule has 2 unspecified atom stereocenters. The lowest BCUT2D eigenvalue weighted by Crippen LogP contribution is -2.73. The van der Waals surface area contributed by atoms with Gasteiger partial charge in [-0.05, 0) is 45.3 Å². The highest BCUT2D eigenvalue weighted by atomic mass is 15.3. The maximum atomic E-state index is 6.30. The van der Waals surface area contributed by atoms with Gasteiger partial charge in [0, 0.05) is 44.3 Å². The van der Waals surface area contributed by atoms with Gasteiger partial charge in [-0.3, -0.25) is 4.90 Å². The number of rotatable bonds is 3. The van der Waals surface area contributed by atoms with Gasteiger partial charge in [0.25, 0.3) is 0 Å². The second-order valence-corrected chi connectivity index (χ2v) is 6.85. The molecule has 0 saturated carbocycles. The summed E-state index contributed by atoms with van der Waals surface area (Å²) < 4.78 is 0. The second kappa shape index (κ2) is 5.32. The van der Waals surface area contributed by atoms with Crippen LogP contribution in [0.5, 0.6) is 0 Å². The Bertz CT molecular complexity index is 313. The Kier molecular flexibility index (Phi) is 3.87. The molecule has 4 aliphatic heterocycles. The van der Waals surface area contributed by atoms with Gasteiger partial charge in [0.2, 0.25) is 0 Å². The first-order valence-corrected chi connectivity index (χ1v) is 8.07. The van der Waals surface area contributed by atoms with Crippen molar-refractivity contribution in [3.63, 3.8) is 0 Å². The molecule has 2 bridgehead atoms. The third kappa shape index (κ3) is 2.23. The highest BCUT2D eigenvalue weighted by Crippen LogP contribution is 2.40. The number of likely N-dealkylation sites (N-methyl/N-ethyl adjacent to an activating group) is 1. The normalized spacial score (nSPS) is 44.7. The van der Waals surface area contributed by atoms with Crippen LogP contribution in [0, 0.1) is 5.92 Å². The van der Waals surface area contributed by atoms with Crippen molar-refractivity contribution in [2.45, 2.75) is 37.8 Å². The van der Waals surface area contributed by atoms with E-state index in [-0.39, 0.29) is 5.54 Å². The van der Waals surface area contributed by atoms with E-state index in [1.807, 2.05) is 0 Å². The van der Waals surface area contributed by atoms with Crippen LogP contribution in [0.3, 0.4) is 0 Å². The Morgan fingerprint density at radius 2 is 1.89 bits per heavy atom. The number of hydrogen-bond donors (Lipinski definition) is 1. The number of fused-ring (bicyclic) bond motifs is 3. The molecule has 0 aromatic rings. The lowest BCUT2D eigenvalue weighted by Gasteiger charge is -2.60. The van der Waals surface area contributed by atoms with Crippen LogP contribution < -0.4 is 5.73 Å². The van der Waals surface area contributed by atoms with Gasteiger partial charge in [0.15, 0.2) is 0 Å². The average molecular weight is 266 g/mol. The second-order valence-electron chi connectivity index (χ2n) is 6.85. The fraction of sp³-hybridized carbons (Fsp3) is 1.00. The maximum Gasteiger partial charge on any atom is 0.0488 e. The van der Waals surface area contributed by atoms with Gasteiger partial charge < -0.3 is 15.5 Å². The molecule has 4 fully saturated rings. The first-order chi connectivity index (χ1) is 9.19. The van der Waals surface area contributed by atoms with E-state index in [9.17, 15) is 0 Å². The zero-order valence-electron chi connectivity index (χ0n) is 12.6. The summed E-state index contributed by atoms with van der Waals surface area (Å²) in [6.07, 6.45) is 3.97. The minimum absolute atomic E-state index is 0.283. The quantitative estimate of drug-likeness (QED) is 0.804. The van der Waals surface area contributed by atoms with E-state index in [2.05, 4.69) is 28.7 Å². The van der Waals surface area contributed by atoms with Crippen LogP contribution in [0.25, 0.3) is 0 Å². The van der Waals surface area contributed by atoms with Crippen molar-refractivity contribution in [2.24, 2.45) is 11.7 Å². The van der Waals surface area contributed by atoms with Crippen molar-refractivity contribution < 1.29 is 0 Å². The van der Waals surface area contributed by atoms with Crippen LogP contribution in [0.2, 0.25) is 0 Å². The molecule has 0 aromatic carbocycles. The predicted molar refractivity (Wildman–Crippen MR) is 79.2 cm³/mol. The lowest BCUT2D eigenvalue weighted by atomic mass is 9.71. The SMILES string of the molecule is CCC1CN(C2(CN)CN3CCC2CC3)CCN1C. The number of piperazine rings is 1. The minimum atomic E-state index is 0.283. The fourth-order valence-corrected chi connectivity index (χ4v) is 4.65. The molecule has 4 heteroatoms. The van der Waals surface area contributed by atoms with E-state index in [0.29, 0.717) is 6.04 Å². The molecular weight excluding hydrogens is 236 g/mol. The van der Waals surface area contributed by atoms with Crippen LogP contribution in [-0.4, -0.2) is 79.1 Å². The third-order valence-corrected chi connectivity index (χ3v) is 6.08. The summed E-state index contributed by atoms with van der Waals surface area (Å²) >= 11 is 0. The predicted octanol–water partition coefficient (Wildman–Crippen LogP) is 0.436. The molecule has 4 aliphatic rings. The third-order valence-electron chi connectivity index (χ3n) is 6.08. The van der Waals surface area contributed by atoms with Crippen LogP contribution in [0.15, 0.2) is 0 Å². The van der Waals surface area contributed by atoms with Gasteiger partial charge in [-0.2, -0.15) is 0 Å². The topological polar surface area (TPSA) is 35.7 Å². The van der Waals surface area contributed by atoms with Crippen molar-refractivity contribution >= 4 is 0 Å². The van der Waals surface area contributed by atoms with Gasteiger partial charge in [-0.25, -0.2) is 0 Å². The van der Waals surface area contributed by atoms with Crippen molar-refractivity contribution in [2.75, 3.05) is 52.9 Å². The Labute approximate surface area is 117 Å². The molecule has 0 amide bonds. The first-order valence-electron chi connectivity index (χ1n) is 8.07. The molecular formula is C15H30N4. The molecule has 4 nitrogen and oxygen atoms in total. The van der Waals surface area contributed by atoms with E-state index < -0.39 is 0 Å². The summed E-state index contributed by atoms with van der Waals surface area (Å²) in [5, 5.41) is 0. The monoisotopic (exact) mass is 266 g/mol. The van der Waals surface area contributed by atoms with Crippen LogP contribution in [0.4, 0.5) is 0 Å². The van der Waals surface area contributed by atoms with Crippen LogP contribution in [-0.2, 0) is 0 Å². The first kappa shape index (κ1) is 13.8. The molecule has 110 valence electrons. The molecule has 2 N–H and O–H groups in total. The molecule has 4 heterocycles. The Morgan fingerprint density at radius 1 is 1.16 bits per heavy atom. The molecule has 0 aromatic heterocycles. The standard InChI is InChI=1S/C15H30N4/c1-3-14-10-19(9-8-17(14)2)15(11-16)12-18-6-4-13(15)5-7-18/h13-14H,3-12,16H2,1-2H3. The summed E-state index contributed by atoms with van der Waals surface area (Å²) in [6.45, 7) is 10.6. The van der Waals surface area contributed by atoms with Crippen molar-refractivity contribution in [1.82, 2.24) is 14.7 Å². The molecule has 0 aliphatic carbocycles. The molecule has 19 heavy (non-hydrogen) atoms. The minimum Gasteiger partial charge on any atom is -0.329 e. The molecule has 0 radical (unpaired) electrons. The number of nitrogens with zero attached hydrogens (tertiary/aromatic N) is 3. The largest absolute Gasteiger partial charge is 0.329 e. The van der Waals surface area contributed by atoms with E-state index in [1.165, 1.54) is 58.5 Å². The van der Waals surface area contributed by atoms with Crippen LogP contribution >= 0.6 is 0 Å². The van der Waals surface area contributed by atoms with Gasteiger partial charge in [-0.15, -0.1) is 0 Å². The maximum absolute atomic E-state index is 6.30. The molecule has 4 saturated heterocycles. The number of piperidine rings is 3. The lowest BCUT2D eigenvalue weighted by molar-refractivity contribution is -0.0906. The number of hydrogen-bond acceptors (Lipinski definition) is 4. The van der Waals surface area contributed by atoms with E-state index in [1.54, 1.807) is 0 Å². The summed E-state index contributed by atoms with van der Waals surface area (Å²) in [5.74, 6) is 0.836. The smallest absolute Gasteiger partial charge is 0.0488 e. The summed E-state index contributed by atoms with van der Waals surface area (Å²) in [7, 11) is 2.27. The Hall–Kier alpha value is -0.160. The Balaban J connectivity index is 1.78. The molecule has 0 spiro atoms. The van der Waals surface area contributed by atoms with Crippen molar-refractivity contribution in [1.29, 1.82) is 0 Å². The molecule has 4 rings (SSSR count). The summed E-state index contributed by atoms with van der Waals surface area (Å²) in [5.41, 5.74) is 6.58. The van der Waals surface area contributed by atoms with E-state index in [0.717, 1.165) is 12.5 Å². The Morgan fingerprint density at radius 3 is 2.42 bits per heavy atom. The van der Waals surface area contributed by atoms with Gasteiger partial charge in [0.05, 0.1) is 0 Å². The van der Waals surface area contributed by atoms with Gasteiger partial charge >= 0.3 is 0 Å². The zero-order valence-corrected chi connectivity index (χ0v) is 12.6. The van der Waals surface area contributed by atoms with Crippen molar-refractivity contribution in [3.05, 3.63) is 0 Å². The average Bonchev–Trinajstić information content (AvgIpc) is 2.48. The fourth-order valence-electron chi connectivity index (χ4n) is 4.65.